The summed E-state index contributed by atoms with van der Waals surface area (Å²) in [6, 6.07) is 2.75. The van der Waals surface area contributed by atoms with Crippen LogP contribution in [0, 0.1) is 10.1 Å². The lowest BCUT2D eigenvalue weighted by Crippen LogP contribution is -2.35. The number of benzene rings is 1. The lowest BCUT2D eigenvalue weighted by atomic mass is 9.97. The minimum atomic E-state index is -0.466. The molecule has 2 N–H and O–H groups in total. The number of halogens is 2. The van der Waals surface area contributed by atoms with E-state index in [2.05, 4.69) is 21.2 Å². The SMILES string of the molecule is Cl.O=[N+]([O-])c1cc(Br)c(O)c([C@@H]2CCN2)c1. The lowest BCUT2D eigenvalue weighted by molar-refractivity contribution is -0.385. The zero-order valence-corrected chi connectivity index (χ0v) is 10.5. The van der Waals surface area contributed by atoms with E-state index in [-0.39, 0.29) is 29.9 Å². The van der Waals surface area contributed by atoms with Crippen LogP contribution in [0.4, 0.5) is 5.69 Å². The number of aromatic hydroxyl groups is 1. The van der Waals surface area contributed by atoms with Crippen LogP contribution in [0.1, 0.15) is 18.0 Å². The molecule has 1 atom stereocenters. The molecular formula is C9H10BrClN2O3. The predicted molar refractivity (Wildman–Crippen MR) is 65.1 cm³/mol. The largest absolute Gasteiger partial charge is 0.506 e. The summed E-state index contributed by atoms with van der Waals surface area (Å²) in [5, 5.41) is 23.5. The Hall–Kier alpha value is -0.850. The topological polar surface area (TPSA) is 75.4 Å². The van der Waals surface area contributed by atoms with E-state index in [4.69, 9.17) is 0 Å². The monoisotopic (exact) mass is 308 g/mol. The molecule has 16 heavy (non-hydrogen) atoms. The molecule has 0 aromatic heterocycles. The summed E-state index contributed by atoms with van der Waals surface area (Å²) in [6.07, 6.45) is 0.890. The maximum Gasteiger partial charge on any atom is 0.271 e. The van der Waals surface area contributed by atoms with E-state index in [1.54, 1.807) is 0 Å². The van der Waals surface area contributed by atoms with Gasteiger partial charge in [-0.25, -0.2) is 0 Å². The number of rotatable bonds is 2. The number of phenolic OH excluding ortho intramolecular Hbond substituents is 1. The van der Waals surface area contributed by atoms with Crippen molar-refractivity contribution in [1.29, 1.82) is 0 Å². The van der Waals surface area contributed by atoms with Crippen LogP contribution in [-0.4, -0.2) is 16.6 Å². The molecule has 1 aliphatic heterocycles. The van der Waals surface area contributed by atoms with Crippen molar-refractivity contribution in [1.82, 2.24) is 5.32 Å². The van der Waals surface area contributed by atoms with Crippen molar-refractivity contribution in [3.8, 4) is 5.75 Å². The molecule has 0 unspecified atom stereocenters. The van der Waals surface area contributed by atoms with E-state index in [0.29, 0.717) is 10.0 Å². The van der Waals surface area contributed by atoms with Gasteiger partial charge in [-0.3, -0.25) is 10.1 Å². The first-order valence-corrected chi connectivity index (χ1v) is 5.29. The highest BCUT2D eigenvalue weighted by molar-refractivity contribution is 9.10. The highest BCUT2D eigenvalue weighted by atomic mass is 79.9. The number of non-ortho nitro benzene ring substituents is 1. The molecule has 1 saturated heterocycles. The number of hydrogen-bond donors (Lipinski definition) is 2. The molecular weight excluding hydrogens is 299 g/mol. The van der Waals surface area contributed by atoms with Gasteiger partial charge in [-0.1, -0.05) is 0 Å². The van der Waals surface area contributed by atoms with Gasteiger partial charge >= 0.3 is 0 Å². The Balaban J connectivity index is 0.00000128. The second-order valence-electron chi connectivity index (χ2n) is 3.42. The smallest absolute Gasteiger partial charge is 0.271 e. The molecule has 5 nitrogen and oxygen atoms in total. The van der Waals surface area contributed by atoms with Crippen LogP contribution in [0.15, 0.2) is 16.6 Å². The molecule has 0 spiro atoms. The van der Waals surface area contributed by atoms with E-state index in [1.165, 1.54) is 12.1 Å². The van der Waals surface area contributed by atoms with E-state index in [9.17, 15) is 15.2 Å². The Labute approximate surface area is 107 Å². The number of nitrogens with one attached hydrogen (secondary N) is 1. The van der Waals surface area contributed by atoms with Crippen LogP contribution >= 0.6 is 28.3 Å². The molecule has 0 saturated carbocycles. The Morgan fingerprint density at radius 1 is 1.56 bits per heavy atom. The summed E-state index contributed by atoms with van der Waals surface area (Å²) in [7, 11) is 0. The highest BCUT2D eigenvalue weighted by Crippen LogP contribution is 2.38. The van der Waals surface area contributed by atoms with Gasteiger partial charge in [0.15, 0.2) is 0 Å². The molecule has 0 amide bonds. The van der Waals surface area contributed by atoms with E-state index in [0.717, 1.165) is 13.0 Å². The molecule has 1 fully saturated rings. The van der Waals surface area contributed by atoms with Gasteiger partial charge in [0.05, 0.1) is 9.40 Å². The number of nitro benzene ring substituents is 1. The molecule has 0 radical (unpaired) electrons. The summed E-state index contributed by atoms with van der Waals surface area (Å²) in [6.45, 7) is 0.879. The third-order valence-electron chi connectivity index (χ3n) is 2.49. The van der Waals surface area contributed by atoms with Gasteiger partial charge in [0.2, 0.25) is 0 Å². The Bertz CT molecular complexity index is 423. The normalized spacial score (nSPS) is 18.4. The molecule has 88 valence electrons. The minimum absolute atomic E-state index is 0. The minimum Gasteiger partial charge on any atom is -0.506 e. The summed E-state index contributed by atoms with van der Waals surface area (Å²) in [4.78, 5) is 10.2. The number of nitrogens with zero attached hydrogens (tertiary/aromatic N) is 1. The van der Waals surface area contributed by atoms with Crippen molar-refractivity contribution in [3.05, 3.63) is 32.3 Å². The Morgan fingerprint density at radius 2 is 2.19 bits per heavy atom. The first kappa shape index (κ1) is 13.2. The van der Waals surface area contributed by atoms with Crippen molar-refractivity contribution in [2.24, 2.45) is 0 Å². The Morgan fingerprint density at radius 3 is 2.62 bits per heavy atom. The fraction of sp³-hybridized carbons (Fsp3) is 0.333. The third-order valence-corrected chi connectivity index (χ3v) is 3.09. The summed E-state index contributed by atoms with van der Waals surface area (Å²) in [5.41, 5.74) is 0.575. The van der Waals surface area contributed by atoms with Gasteiger partial charge in [0.25, 0.3) is 5.69 Å². The van der Waals surface area contributed by atoms with Crippen LogP contribution in [0.5, 0.6) is 5.75 Å². The zero-order valence-electron chi connectivity index (χ0n) is 8.14. The summed E-state index contributed by atoms with van der Waals surface area (Å²) in [5.74, 6) is 0.0813. The van der Waals surface area contributed by atoms with E-state index < -0.39 is 4.92 Å². The van der Waals surface area contributed by atoms with Crippen LogP contribution in [-0.2, 0) is 0 Å². The van der Waals surface area contributed by atoms with Crippen molar-refractivity contribution in [2.45, 2.75) is 12.5 Å². The average molecular weight is 310 g/mol. The van der Waals surface area contributed by atoms with Gasteiger partial charge in [-0.05, 0) is 28.9 Å². The van der Waals surface area contributed by atoms with Crippen LogP contribution in [0.25, 0.3) is 0 Å². The fourth-order valence-corrected chi connectivity index (χ4v) is 1.99. The quantitative estimate of drug-likeness (QED) is 0.650. The molecule has 1 aliphatic rings. The highest BCUT2D eigenvalue weighted by Gasteiger charge is 2.25. The van der Waals surface area contributed by atoms with Crippen LogP contribution in [0.3, 0.4) is 0 Å². The summed E-state index contributed by atoms with van der Waals surface area (Å²) < 4.78 is 0.361. The van der Waals surface area contributed by atoms with Gasteiger partial charge in [-0.15, -0.1) is 12.4 Å². The standard InChI is InChI=1S/C9H9BrN2O3.ClH/c10-7-4-5(12(14)15)3-6(9(7)13)8-1-2-11-8;/h3-4,8,11,13H,1-2H2;1H/t8-;/m0./s1. The van der Waals surface area contributed by atoms with Crippen LogP contribution < -0.4 is 5.32 Å². The number of hydrogen-bond acceptors (Lipinski definition) is 4. The van der Waals surface area contributed by atoms with Crippen molar-refractivity contribution in [3.63, 3.8) is 0 Å². The maximum atomic E-state index is 10.6. The van der Waals surface area contributed by atoms with E-state index >= 15 is 0 Å². The van der Waals surface area contributed by atoms with Gasteiger partial charge in [-0.2, -0.15) is 0 Å². The summed E-state index contributed by atoms with van der Waals surface area (Å²) >= 11 is 3.10. The number of nitro groups is 1. The van der Waals surface area contributed by atoms with Crippen molar-refractivity contribution in [2.75, 3.05) is 6.54 Å². The van der Waals surface area contributed by atoms with Crippen molar-refractivity contribution >= 4 is 34.0 Å². The average Bonchev–Trinajstić information content (AvgIpc) is 2.09. The molecule has 7 heteroatoms. The second-order valence-corrected chi connectivity index (χ2v) is 4.27. The van der Waals surface area contributed by atoms with Gasteiger partial charge in [0, 0.05) is 23.7 Å². The molecule has 1 heterocycles. The molecule has 0 aliphatic carbocycles. The maximum absolute atomic E-state index is 10.6. The van der Waals surface area contributed by atoms with Crippen molar-refractivity contribution < 1.29 is 10.0 Å². The predicted octanol–water partition coefficient (Wildman–Crippen LogP) is 2.52. The fourth-order valence-electron chi connectivity index (χ4n) is 1.53. The molecule has 0 bridgehead atoms. The van der Waals surface area contributed by atoms with Gasteiger partial charge in [0.1, 0.15) is 5.75 Å². The first-order valence-electron chi connectivity index (χ1n) is 4.50. The second kappa shape index (κ2) is 4.99. The lowest BCUT2D eigenvalue weighted by Gasteiger charge is -2.28. The van der Waals surface area contributed by atoms with Crippen LogP contribution in [0.2, 0.25) is 0 Å². The first-order chi connectivity index (χ1) is 7.09. The molecule has 1 aromatic rings. The van der Waals surface area contributed by atoms with Gasteiger partial charge < -0.3 is 10.4 Å². The molecule has 1 aromatic carbocycles. The number of phenols is 1. The van der Waals surface area contributed by atoms with E-state index in [1.807, 2.05) is 0 Å². The zero-order chi connectivity index (χ0) is 11.0. The third kappa shape index (κ3) is 2.28. The molecule has 2 rings (SSSR count). The Kier molecular flexibility index (Phi) is 4.12.